The summed E-state index contributed by atoms with van der Waals surface area (Å²) < 4.78 is 0. The first-order valence-corrected chi connectivity index (χ1v) is 18.7. The van der Waals surface area contributed by atoms with Gasteiger partial charge in [0.15, 0.2) is 0 Å². The Balaban J connectivity index is 0.000000155. The second-order valence-corrected chi connectivity index (χ2v) is 16.0. The lowest BCUT2D eigenvalue weighted by Crippen LogP contribution is -2.04. The topological polar surface area (TPSA) is 0 Å². The lowest BCUT2D eigenvalue weighted by molar-refractivity contribution is 0.702. The van der Waals surface area contributed by atoms with Crippen molar-refractivity contribution >= 4 is 26.5 Å². The van der Waals surface area contributed by atoms with Gasteiger partial charge in [0.25, 0.3) is 0 Å². The third kappa shape index (κ3) is 9.13. The van der Waals surface area contributed by atoms with Crippen molar-refractivity contribution < 1.29 is 0 Å². The van der Waals surface area contributed by atoms with Gasteiger partial charge in [-0.25, -0.2) is 0 Å². The largest absolute Gasteiger partial charge is 0.0677 e. The van der Waals surface area contributed by atoms with Crippen LogP contribution in [0, 0.1) is 0 Å². The highest BCUT2D eigenvalue weighted by molar-refractivity contribution is 7.66. The van der Waals surface area contributed by atoms with Crippen molar-refractivity contribution in [2.75, 3.05) is 12.3 Å². The van der Waals surface area contributed by atoms with E-state index < -0.39 is 0 Å². The fourth-order valence-corrected chi connectivity index (χ4v) is 12.0. The van der Waals surface area contributed by atoms with Crippen molar-refractivity contribution in [1.82, 2.24) is 0 Å². The van der Waals surface area contributed by atoms with E-state index in [1.807, 2.05) is 0 Å². The molecule has 0 amide bonds. The Bertz CT molecular complexity index is 989. The van der Waals surface area contributed by atoms with E-state index in [1.165, 1.54) is 63.7 Å². The van der Waals surface area contributed by atoms with Crippen molar-refractivity contribution in [3.63, 3.8) is 0 Å². The van der Waals surface area contributed by atoms with Crippen LogP contribution in [-0.4, -0.2) is 12.3 Å². The average molecular weight is 567 g/mol. The van der Waals surface area contributed by atoms with Gasteiger partial charge in [0.05, 0.1) is 0 Å². The molecule has 0 N–H and O–H groups in total. The molecule has 2 aliphatic heterocycles. The minimum atomic E-state index is 0.0201. The molecule has 4 aromatic rings. The van der Waals surface area contributed by atoms with Gasteiger partial charge in [0.1, 0.15) is 0 Å². The first kappa shape index (κ1) is 30.7. The molecule has 2 fully saturated rings. The van der Waals surface area contributed by atoms with E-state index in [-0.39, 0.29) is 15.8 Å². The number of rotatable bonds is 7. The molecule has 6 rings (SSSR count). The van der Waals surface area contributed by atoms with Crippen LogP contribution >= 0.6 is 15.8 Å². The Morgan fingerprint density at radius 3 is 1.12 bits per heavy atom. The van der Waals surface area contributed by atoms with Crippen molar-refractivity contribution in [2.45, 2.75) is 76.5 Å². The van der Waals surface area contributed by atoms with Crippen molar-refractivity contribution in [2.24, 2.45) is 0 Å². The molecule has 2 heterocycles. The summed E-state index contributed by atoms with van der Waals surface area (Å²) in [6.45, 7) is 4.46. The quantitative estimate of drug-likeness (QED) is 0.154. The van der Waals surface area contributed by atoms with E-state index in [2.05, 4.69) is 135 Å². The molecule has 0 saturated carbocycles. The maximum atomic E-state index is 2.31. The van der Waals surface area contributed by atoms with Crippen LogP contribution in [0.4, 0.5) is 0 Å². The molecule has 2 aliphatic rings. The van der Waals surface area contributed by atoms with E-state index in [0.717, 1.165) is 11.3 Å². The predicted molar refractivity (Wildman–Crippen MR) is 182 cm³/mol. The molecule has 4 aromatic carbocycles. The Morgan fingerprint density at radius 2 is 0.800 bits per heavy atom. The third-order valence-corrected chi connectivity index (χ3v) is 14.1. The average Bonchev–Trinajstić information content (AvgIpc) is 3.73. The van der Waals surface area contributed by atoms with Crippen LogP contribution in [0.1, 0.15) is 87.7 Å². The van der Waals surface area contributed by atoms with Gasteiger partial charge in [0, 0.05) is 11.3 Å². The molecule has 0 radical (unpaired) electrons. The summed E-state index contributed by atoms with van der Waals surface area (Å²) in [5.74, 6) is 0. The summed E-state index contributed by atoms with van der Waals surface area (Å²) in [5.41, 5.74) is 4.65. The van der Waals surface area contributed by atoms with Crippen LogP contribution in [0.25, 0.3) is 0 Å². The van der Waals surface area contributed by atoms with Gasteiger partial charge < -0.3 is 0 Å². The molecule has 0 spiro atoms. The van der Waals surface area contributed by atoms with Crippen LogP contribution in [0.2, 0.25) is 0 Å². The van der Waals surface area contributed by atoms with Gasteiger partial charge in [0.2, 0.25) is 0 Å². The van der Waals surface area contributed by atoms with Gasteiger partial charge in [-0.3, -0.25) is 0 Å². The van der Waals surface area contributed by atoms with E-state index in [4.69, 9.17) is 0 Å². The maximum absolute atomic E-state index is 2.31. The maximum Gasteiger partial charge on any atom is 0.00820 e. The van der Waals surface area contributed by atoms with E-state index in [0.29, 0.717) is 0 Å². The van der Waals surface area contributed by atoms with Crippen LogP contribution in [0.5, 0.6) is 0 Å². The van der Waals surface area contributed by atoms with Crippen molar-refractivity contribution in [3.8, 4) is 0 Å². The summed E-state index contributed by atoms with van der Waals surface area (Å²) in [5, 5.41) is 3.16. The molecule has 0 bridgehead atoms. The molecule has 0 aromatic heterocycles. The Labute approximate surface area is 247 Å². The lowest BCUT2D eigenvalue weighted by Gasteiger charge is -2.21. The zero-order chi connectivity index (χ0) is 27.8. The van der Waals surface area contributed by atoms with E-state index in [1.54, 1.807) is 21.7 Å². The standard InChI is InChI=1S/2C16H17P.C6H14/c2*1-3-8-14(9-4-1)16-12-7-13-17(16)15-10-5-2-6-11-15;1-3-5-6-4-2/h2*1-6,8-11,16H,7,12-13H2;3-6H2,1-2H3. The van der Waals surface area contributed by atoms with Crippen LogP contribution < -0.4 is 10.6 Å². The Kier molecular flexibility index (Phi) is 13.5. The molecule has 40 heavy (non-hydrogen) atoms. The summed E-state index contributed by atoms with van der Waals surface area (Å²) in [6, 6.07) is 44.3. The normalized spacial score (nSPS) is 21.6. The smallest absolute Gasteiger partial charge is 0.00820 e. The fourth-order valence-electron chi connectivity index (χ4n) is 5.93. The first-order chi connectivity index (χ1) is 19.8. The summed E-state index contributed by atoms with van der Waals surface area (Å²) in [7, 11) is 0.0401. The molecule has 0 aliphatic carbocycles. The van der Waals surface area contributed by atoms with E-state index in [9.17, 15) is 0 Å². The Morgan fingerprint density at radius 1 is 0.475 bits per heavy atom. The Hall–Kier alpha value is -2.26. The fraction of sp³-hybridized carbons (Fsp3) is 0.368. The SMILES string of the molecule is CCCCCC.c1ccc(C2CCCP2c2ccccc2)cc1.c1ccc(C2CCCP2c2ccccc2)cc1. The highest BCUT2D eigenvalue weighted by atomic mass is 31.1. The summed E-state index contributed by atoms with van der Waals surface area (Å²) in [6.07, 6.45) is 13.8. The minimum absolute atomic E-state index is 0.0201. The van der Waals surface area contributed by atoms with Gasteiger partial charge in [-0.05, 0) is 59.7 Å². The molecule has 2 saturated heterocycles. The zero-order valence-electron chi connectivity index (χ0n) is 24.7. The molecule has 4 atom stereocenters. The highest BCUT2D eigenvalue weighted by Gasteiger charge is 2.29. The second kappa shape index (κ2) is 17.5. The van der Waals surface area contributed by atoms with Gasteiger partial charge in [-0.2, -0.15) is 0 Å². The molecule has 2 heteroatoms. The predicted octanol–water partition coefficient (Wildman–Crippen LogP) is 11.2. The molecular formula is C38H48P2. The van der Waals surface area contributed by atoms with E-state index >= 15 is 0 Å². The number of benzene rings is 4. The molecule has 4 unspecified atom stereocenters. The number of unbranched alkanes of at least 4 members (excludes halogenated alkanes) is 3. The first-order valence-electron chi connectivity index (χ1n) is 15.5. The molecular weight excluding hydrogens is 518 g/mol. The van der Waals surface area contributed by atoms with Gasteiger partial charge in [-0.1, -0.05) is 177 Å². The number of hydrogen-bond acceptors (Lipinski definition) is 0. The minimum Gasteiger partial charge on any atom is -0.0677 e. The molecule has 0 nitrogen and oxygen atoms in total. The monoisotopic (exact) mass is 566 g/mol. The van der Waals surface area contributed by atoms with Crippen molar-refractivity contribution in [3.05, 3.63) is 132 Å². The zero-order valence-corrected chi connectivity index (χ0v) is 26.5. The highest BCUT2D eigenvalue weighted by Crippen LogP contribution is 2.59. The van der Waals surface area contributed by atoms with Crippen molar-refractivity contribution in [1.29, 1.82) is 0 Å². The number of hydrogen-bond donors (Lipinski definition) is 0. The lowest BCUT2D eigenvalue weighted by atomic mass is 10.1. The third-order valence-electron chi connectivity index (χ3n) is 8.01. The van der Waals surface area contributed by atoms with Gasteiger partial charge >= 0.3 is 0 Å². The summed E-state index contributed by atoms with van der Waals surface area (Å²) in [4.78, 5) is 0. The molecule has 210 valence electrons. The van der Waals surface area contributed by atoms with Crippen LogP contribution in [0.3, 0.4) is 0 Å². The van der Waals surface area contributed by atoms with Gasteiger partial charge in [-0.15, -0.1) is 0 Å². The second-order valence-electron chi connectivity index (χ2n) is 10.9. The van der Waals surface area contributed by atoms with Crippen LogP contribution in [0.15, 0.2) is 121 Å². The van der Waals surface area contributed by atoms with Crippen LogP contribution in [-0.2, 0) is 0 Å². The summed E-state index contributed by atoms with van der Waals surface area (Å²) >= 11 is 0.